The van der Waals surface area contributed by atoms with Crippen LogP contribution in [-0.4, -0.2) is 19.7 Å². The molecule has 0 aromatic heterocycles. The van der Waals surface area contributed by atoms with Crippen molar-refractivity contribution in [1.82, 2.24) is 0 Å². The van der Waals surface area contributed by atoms with E-state index in [0.717, 1.165) is 24.5 Å². The summed E-state index contributed by atoms with van der Waals surface area (Å²) in [5, 5.41) is 0. The van der Waals surface area contributed by atoms with Gasteiger partial charge in [0.1, 0.15) is 10.8 Å². The number of halogens is 1. The second kappa shape index (κ2) is 3.62. The molecule has 0 amide bonds. The third-order valence-electron chi connectivity index (χ3n) is 1.61. The zero-order valence-corrected chi connectivity index (χ0v) is 8.95. The number of thiocarbonyl (C=S) groups is 1. The van der Waals surface area contributed by atoms with Crippen LogP contribution in [0.3, 0.4) is 0 Å². The Morgan fingerprint density at radius 1 is 1.50 bits per heavy atom. The Bertz CT molecular complexity index is 482. The highest BCUT2D eigenvalue weighted by Gasteiger charge is 2.15. The van der Waals surface area contributed by atoms with Crippen molar-refractivity contribution in [1.29, 1.82) is 0 Å². The minimum atomic E-state index is -3.43. The summed E-state index contributed by atoms with van der Waals surface area (Å²) < 4.78 is 35.2. The molecule has 1 aromatic rings. The number of hydrogen-bond donors (Lipinski definition) is 1. The first kappa shape index (κ1) is 11.1. The molecule has 1 aromatic carbocycles. The Morgan fingerprint density at radius 2 is 2.07 bits per heavy atom. The lowest BCUT2D eigenvalue weighted by atomic mass is 10.2. The highest BCUT2D eigenvalue weighted by molar-refractivity contribution is 7.91. The molecule has 0 atom stereocenters. The average molecular weight is 233 g/mol. The van der Waals surface area contributed by atoms with Gasteiger partial charge in [-0.15, -0.1) is 0 Å². The fourth-order valence-electron chi connectivity index (χ4n) is 1.02. The Balaban J connectivity index is 3.53. The van der Waals surface area contributed by atoms with E-state index < -0.39 is 15.7 Å². The highest BCUT2D eigenvalue weighted by atomic mass is 32.2. The second-order valence-electron chi connectivity index (χ2n) is 2.78. The monoisotopic (exact) mass is 233 g/mol. The van der Waals surface area contributed by atoms with Gasteiger partial charge in [-0.1, -0.05) is 12.2 Å². The summed E-state index contributed by atoms with van der Waals surface area (Å²) in [4.78, 5) is -0.184. The summed E-state index contributed by atoms with van der Waals surface area (Å²) in [5.74, 6) is -0.569. The molecule has 6 heteroatoms. The van der Waals surface area contributed by atoms with E-state index in [1.165, 1.54) is 0 Å². The summed E-state index contributed by atoms with van der Waals surface area (Å²) in [6.45, 7) is 0. The van der Waals surface area contributed by atoms with Gasteiger partial charge in [0.15, 0.2) is 9.84 Å². The summed E-state index contributed by atoms with van der Waals surface area (Å²) in [6.07, 6.45) is 1.02. The first-order valence-electron chi connectivity index (χ1n) is 3.62. The predicted molar refractivity (Wildman–Crippen MR) is 55.4 cm³/mol. The van der Waals surface area contributed by atoms with E-state index in [2.05, 4.69) is 12.2 Å². The van der Waals surface area contributed by atoms with Crippen LogP contribution in [0.15, 0.2) is 23.1 Å². The largest absolute Gasteiger partial charge is 0.389 e. The summed E-state index contributed by atoms with van der Waals surface area (Å²) in [5.41, 5.74) is 5.32. The van der Waals surface area contributed by atoms with E-state index in [0.29, 0.717) is 0 Å². The minimum absolute atomic E-state index is 0.0440. The first-order chi connectivity index (χ1) is 6.32. The summed E-state index contributed by atoms with van der Waals surface area (Å²) in [6, 6.07) is 3.22. The molecule has 0 bridgehead atoms. The normalized spacial score (nSPS) is 11.3. The van der Waals surface area contributed by atoms with Gasteiger partial charge < -0.3 is 5.73 Å². The van der Waals surface area contributed by atoms with E-state index in [9.17, 15) is 12.8 Å². The Kier molecular flexibility index (Phi) is 2.86. The second-order valence-corrected chi connectivity index (χ2v) is 5.20. The molecule has 0 aliphatic rings. The molecule has 1 rings (SSSR count). The maximum atomic E-state index is 12.8. The Hall–Kier alpha value is -1.01. The molecular formula is C8H8FNO2S2. The Morgan fingerprint density at radius 3 is 2.50 bits per heavy atom. The summed E-state index contributed by atoms with van der Waals surface area (Å²) in [7, 11) is -3.43. The van der Waals surface area contributed by atoms with Gasteiger partial charge in [-0.25, -0.2) is 12.8 Å². The fourth-order valence-corrected chi connectivity index (χ4v) is 2.14. The number of hydrogen-bond acceptors (Lipinski definition) is 3. The van der Waals surface area contributed by atoms with Gasteiger partial charge >= 0.3 is 0 Å². The van der Waals surface area contributed by atoms with E-state index in [1.807, 2.05) is 0 Å². The predicted octanol–water partition coefficient (Wildman–Crippen LogP) is 0.863. The zero-order valence-electron chi connectivity index (χ0n) is 7.32. The molecule has 0 heterocycles. The molecule has 3 nitrogen and oxygen atoms in total. The number of rotatable bonds is 2. The van der Waals surface area contributed by atoms with Gasteiger partial charge in [0, 0.05) is 11.8 Å². The van der Waals surface area contributed by atoms with Crippen LogP contribution >= 0.6 is 12.2 Å². The van der Waals surface area contributed by atoms with Crippen LogP contribution in [0, 0.1) is 5.82 Å². The van der Waals surface area contributed by atoms with Crippen molar-refractivity contribution in [3.63, 3.8) is 0 Å². The van der Waals surface area contributed by atoms with E-state index in [4.69, 9.17) is 5.73 Å². The third-order valence-corrected chi connectivity index (χ3v) is 2.98. The molecule has 0 unspecified atom stereocenters. The molecule has 14 heavy (non-hydrogen) atoms. The maximum Gasteiger partial charge on any atom is 0.176 e. The zero-order chi connectivity index (χ0) is 10.9. The van der Waals surface area contributed by atoms with Gasteiger partial charge in [0.2, 0.25) is 0 Å². The van der Waals surface area contributed by atoms with E-state index >= 15 is 0 Å². The van der Waals surface area contributed by atoms with Gasteiger partial charge in [-0.2, -0.15) is 0 Å². The lowest BCUT2D eigenvalue weighted by Crippen LogP contribution is -2.15. The number of sulfone groups is 1. The quantitative estimate of drug-likeness (QED) is 0.608. The van der Waals surface area contributed by atoms with Gasteiger partial charge in [-0.3, -0.25) is 0 Å². The van der Waals surface area contributed by atoms with Crippen LogP contribution in [0.25, 0.3) is 0 Å². The molecule has 0 radical (unpaired) electrons. The molecular weight excluding hydrogens is 225 g/mol. The Labute approximate surface area is 86.7 Å². The van der Waals surface area contributed by atoms with Crippen LogP contribution in [0.4, 0.5) is 4.39 Å². The van der Waals surface area contributed by atoms with Crippen molar-refractivity contribution in [2.24, 2.45) is 5.73 Å². The molecule has 76 valence electrons. The first-order valence-corrected chi connectivity index (χ1v) is 5.92. The lowest BCUT2D eigenvalue weighted by Gasteiger charge is -2.05. The third kappa shape index (κ3) is 2.27. The number of nitrogens with two attached hydrogens (primary N) is 1. The van der Waals surface area contributed by atoms with Crippen LogP contribution in [-0.2, 0) is 9.84 Å². The number of benzene rings is 1. The minimum Gasteiger partial charge on any atom is -0.389 e. The van der Waals surface area contributed by atoms with Crippen molar-refractivity contribution in [2.75, 3.05) is 6.26 Å². The van der Waals surface area contributed by atoms with E-state index in [-0.39, 0.29) is 15.4 Å². The SMILES string of the molecule is CS(=O)(=O)c1ccc(F)cc1C(N)=S. The molecule has 0 aliphatic carbocycles. The fraction of sp³-hybridized carbons (Fsp3) is 0.125. The molecule has 0 aliphatic heterocycles. The highest BCUT2D eigenvalue weighted by Crippen LogP contribution is 2.16. The van der Waals surface area contributed by atoms with Crippen molar-refractivity contribution in [2.45, 2.75) is 4.90 Å². The van der Waals surface area contributed by atoms with E-state index in [1.54, 1.807) is 0 Å². The average Bonchev–Trinajstić information content (AvgIpc) is 2.01. The summed E-state index contributed by atoms with van der Waals surface area (Å²) >= 11 is 4.62. The van der Waals surface area contributed by atoms with Crippen LogP contribution in [0.2, 0.25) is 0 Å². The van der Waals surface area contributed by atoms with Gasteiger partial charge in [-0.05, 0) is 18.2 Å². The molecule has 0 saturated heterocycles. The van der Waals surface area contributed by atoms with Crippen molar-refractivity contribution >= 4 is 27.0 Å². The molecule has 0 saturated carbocycles. The standard InChI is InChI=1S/C8H8FNO2S2/c1-14(11,12)7-3-2-5(9)4-6(7)8(10)13/h2-4H,1H3,(H2,10,13). The van der Waals surface area contributed by atoms with Crippen molar-refractivity contribution < 1.29 is 12.8 Å². The van der Waals surface area contributed by atoms with Crippen molar-refractivity contribution in [3.05, 3.63) is 29.6 Å². The van der Waals surface area contributed by atoms with Crippen LogP contribution in [0.1, 0.15) is 5.56 Å². The van der Waals surface area contributed by atoms with Crippen molar-refractivity contribution in [3.8, 4) is 0 Å². The van der Waals surface area contributed by atoms with Gasteiger partial charge in [0.05, 0.1) is 4.90 Å². The van der Waals surface area contributed by atoms with Gasteiger partial charge in [0.25, 0.3) is 0 Å². The molecule has 0 spiro atoms. The van der Waals surface area contributed by atoms with Crippen LogP contribution in [0.5, 0.6) is 0 Å². The lowest BCUT2D eigenvalue weighted by molar-refractivity contribution is 0.600. The topological polar surface area (TPSA) is 60.2 Å². The molecule has 2 N–H and O–H groups in total. The maximum absolute atomic E-state index is 12.8. The smallest absolute Gasteiger partial charge is 0.176 e. The molecule has 0 fully saturated rings. The van der Waals surface area contributed by atoms with Crippen LogP contribution < -0.4 is 5.73 Å².